The Morgan fingerprint density at radius 2 is 1.77 bits per heavy atom. The number of hydrogen-bond donors (Lipinski definition) is 2. The summed E-state index contributed by atoms with van der Waals surface area (Å²) in [7, 11) is 0. The molecule has 0 aromatic rings. The SMILES string of the molecule is C=CSC=C.CCCCCC(O)O. The van der Waals surface area contributed by atoms with E-state index in [0.717, 1.165) is 19.3 Å². The largest absolute Gasteiger partial charge is 0.368 e. The van der Waals surface area contributed by atoms with Gasteiger partial charge in [-0.05, 0) is 23.7 Å². The molecule has 0 aliphatic rings. The molecule has 0 radical (unpaired) electrons. The summed E-state index contributed by atoms with van der Waals surface area (Å²) in [5.74, 6) is 0. The molecule has 0 amide bonds. The second-order valence-electron chi connectivity index (χ2n) is 2.45. The number of unbranched alkanes of at least 4 members (excludes halogenated alkanes) is 2. The van der Waals surface area contributed by atoms with Gasteiger partial charge in [0.25, 0.3) is 0 Å². The van der Waals surface area contributed by atoms with Gasteiger partial charge in [-0.2, -0.15) is 0 Å². The van der Waals surface area contributed by atoms with E-state index in [4.69, 9.17) is 10.2 Å². The third-order valence-corrected chi connectivity index (χ3v) is 1.64. The zero-order chi connectivity index (χ0) is 10.5. The summed E-state index contributed by atoms with van der Waals surface area (Å²) >= 11 is 1.49. The van der Waals surface area contributed by atoms with Gasteiger partial charge in [0, 0.05) is 0 Å². The lowest BCUT2D eigenvalue weighted by Crippen LogP contribution is -2.02. The fourth-order valence-electron chi connectivity index (χ4n) is 0.645. The zero-order valence-corrected chi connectivity index (χ0v) is 9.09. The first-order valence-electron chi connectivity index (χ1n) is 4.42. The molecular weight excluding hydrogens is 184 g/mol. The summed E-state index contributed by atoms with van der Waals surface area (Å²) in [6.45, 7) is 8.97. The minimum Gasteiger partial charge on any atom is -0.368 e. The molecule has 0 saturated carbocycles. The Morgan fingerprint density at radius 3 is 2.00 bits per heavy atom. The van der Waals surface area contributed by atoms with Gasteiger partial charge in [0.2, 0.25) is 0 Å². The Labute approximate surface area is 85.4 Å². The van der Waals surface area contributed by atoms with Crippen molar-refractivity contribution < 1.29 is 10.2 Å². The highest BCUT2D eigenvalue weighted by atomic mass is 32.2. The van der Waals surface area contributed by atoms with E-state index in [0.29, 0.717) is 6.42 Å². The Bertz CT molecular complexity index is 107. The highest BCUT2D eigenvalue weighted by Crippen LogP contribution is 1.99. The molecule has 0 spiro atoms. The maximum Gasteiger partial charge on any atom is 0.151 e. The molecule has 0 saturated heterocycles. The van der Waals surface area contributed by atoms with Crippen molar-refractivity contribution in [2.75, 3.05) is 0 Å². The molecule has 0 aromatic carbocycles. The zero-order valence-electron chi connectivity index (χ0n) is 8.28. The van der Waals surface area contributed by atoms with Crippen LogP contribution in [0.15, 0.2) is 24.0 Å². The summed E-state index contributed by atoms with van der Waals surface area (Å²) in [6, 6.07) is 0. The standard InChI is InChI=1S/C6H14O2.C4H6S/c1-2-3-4-5-6(7)8;1-3-5-4-2/h6-8H,2-5H2,1H3;3-4H,1-2H2. The number of aliphatic hydroxyl groups is 2. The van der Waals surface area contributed by atoms with Crippen LogP contribution in [0.25, 0.3) is 0 Å². The van der Waals surface area contributed by atoms with Gasteiger partial charge in [-0.3, -0.25) is 0 Å². The number of rotatable bonds is 6. The fourth-order valence-corrected chi connectivity index (χ4v) is 0.781. The second kappa shape index (κ2) is 14.3. The second-order valence-corrected chi connectivity index (χ2v) is 3.38. The van der Waals surface area contributed by atoms with E-state index in [2.05, 4.69) is 20.1 Å². The van der Waals surface area contributed by atoms with Crippen molar-refractivity contribution in [2.24, 2.45) is 0 Å². The quantitative estimate of drug-likeness (QED) is 0.516. The molecule has 78 valence electrons. The van der Waals surface area contributed by atoms with Gasteiger partial charge in [-0.15, -0.1) is 11.8 Å². The van der Waals surface area contributed by atoms with Crippen molar-refractivity contribution in [3.05, 3.63) is 24.0 Å². The monoisotopic (exact) mass is 204 g/mol. The van der Waals surface area contributed by atoms with E-state index in [1.54, 1.807) is 10.8 Å². The van der Waals surface area contributed by atoms with Crippen molar-refractivity contribution in [3.63, 3.8) is 0 Å². The molecular formula is C10H20O2S. The van der Waals surface area contributed by atoms with Gasteiger partial charge < -0.3 is 10.2 Å². The third kappa shape index (κ3) is 24.5. The van der Waals surface area contributed by atoms with Gasteiger partial charge in [0.15, 0.2) is 6.29 Å². The van der Waals surface area contributed by atoms with Gasteiger partial charge in [-0.1, -0.05) is 32.9 Å². The summed E-state index contributed by atoms with van der Waals surface area (Å²) in [4.78, 5) is 0. The molecule has 0 aliphatic carbocycles. The van der Waals surface area contributed by atoms with Crippen LogP contribution in [0.1, 0.15) is 32.6 Å². The van der Waals surface area contributed by atoms with Gasteiger partial charge in [0.05, 0.1) is 0 Å². The maximum absolute atomic E-state index is 8.33. The maximum atomic E-state index is 8.33. The lowest BCUT2D eigenvalue weighted by atomic mass is 10.2. The fraction of sp³-hybridized carbons (Fsp3) is 0.600. The molecule has 0 rings (SSSR count). The van der Waals surface area contributed by atoms with E-state index in [-0.39, 0.29) is 0 Å². The molecule has 0 heterocycles. The van der Waals surface area contributed by atoms with Crippen LogP contribution in [0.2, 0.25) is 0 Å². The van der Waals surface area contributed by atoms with E-state index in [1.165, 1.54) is 11.8 Å². The molecule has 13 heavy (non-hydrogen) atoms. The van der Waals surface area contributed by atoms with Crippen LogP contribution >= 0.6 is 11.8 Å². The first kappa shape index (κ1) is 15.2. The van der Waals surface area contributed by atoms with Gasteiger partial charge in [-0.25, -0.2) is 0 Å². The van der Waals surface area contributed by atoms with Crippen LogP contribution in [0.3, 0.4) is 0 Å². The van der Waals surface area contributed by atoms with Crippen molar-refractivity contribution in [1.82, 2.24) is 0 Å². The van der Waals surface area contributed by atoms with Crippen LogP contribution in [-0.2, 0) is 0 Å². The van der Waals surface area contributed by atoms with Crippen LogP contribution in [0.4, 0.5) is 0 Å². The third-order valence-electron chi connectivity index (χ3n) is 1.26. The topological polar surface area (TPSA) is 40.5 Å². The highest BCUT2D eigenvalue weighted by Gasteiger charge is 1.93. The summed E-state index contributed by atoms with van der Waals surface area (Å²) < 4.78 is 0. The lowest BCUT2D eigenvalue weighted by molar-refractivity contribution is -0.0465. The molecule has 0 unspecified atom stereocenters. The van der Waals surface area contributed by atoms with Crippen molar-refractivity contribution in [2.45, 2.75) is 38.9 Å². The predicted octanol–water partition coefficient (Wildman–Crippen LogP) is 2.88. The van der Waals surface area contributed by atoms with Gasteiger partial charge in [0.1, 0.15) is 0 Å². The summed E-state index contributed by atoms with van der Waals surface area (Å²) in [5, 5.41) is 20.1. The number of aliphatic hydroxyl groups excluding tert-OH is 1. The number of hydrogen-bond acceptors (Lipinski definition) is 3. The molecule has 2 N–H and O–H groups in total. The molecule has 0 fully saturated rings. The minimum atomic E-state index is -1.10. The molecule has 0 atom stereocenters. The Balaban J connectivity index is 0. The molecule has 2 nitrogen and oxygen atoms in total. The molecule has 0 aliphatic heterocycles. The van der Waals surface area contributed by atoms with Crippen LogP contribution < -0.4 is 0 Å². The van der Waals surface area contributed by atoms with E-state index in [1.807, 2.05) is 0 Å². The number of thioether (sulfide) groups is 1. The lowest BCUT2D eigenvalue weighted by Gasteiger charge is -1.99. The molecule has 0 bridgehead atoms. The van der Waals surface area contributed by atoms with Crippen LogP contribution in [0, 0.1) is 0 Å². The summed E-state index contributed by atoms with van der Waals surface area (Å²) in [6.07, 6.45) is 2.58. The smallest absolute Gasteiger partial charge is 0.151 e. The molecule has 0 aromatic heterocycles. The Kier molecular flexibility index (Phi) is 16.7. The summed E-state index contributed by atoms with van der Waals surface area (Å²) in [5.41, 5.74) is 0. The van der Waals surface area contributed by atoms with E-state index in [9.17, 15) is 0 Å². The Hall–Kier alpha value is -0.250. The first-order chi connectivity index (χ1) is 6.18. The first-order valence-corrected chi connectivity index (χ1v) is 5.36. The van der Waals surface area contributed by atoms with Crippen molar-refractivity contribution in [3.8, 4) is 0 Å². The van der Waals surface area contributed by atoms with Crippen LogP contribution in [0.5, 0.6) is 0 Å². The van der Waals surface area contributed by atoms with Crippen LogP contribution in [-0.4, -0.2) is 16.5 Å². The van der Waals surface area contributed by atoms with Gasteiger partial charge >= 0.3 is 0 Å². The van der Waals surface area contributed by atoms with Crippen molar-refractivity contribution >= 4 is 11.8 Å². The molecule has 3 heteroatoms. The van der Waals surface area contributed by atoms with Crippen molar-refractivity contribution in [1.29, 1.82) is 0 Å². The minimum absolute atomic E-state index is 0.522. The normalized spacial score (nSPS) is 8.92. The average Bonchev–Trinajstić information content (AvgIpc) is 2.07. The Morgan fingerprint density at radius 1 is 1.23 bits per heavy atom. The predicted molar refractivity (Wildman–Crippen MR) is 60.4 cm³/mol. The van der Waals surface area contributed by atoms with E-state index < -0.39 is 6.29 Å². The highest BCUT2D eigenvalue weighted by molar-refractivity contribution is 8.04. The average molecular weight is 204 g/mol. The van der Waals surface area contributed by atoms with E-state index >= 15 is 0 Å².